The predicted molar refractivity (Wildman–Crippen MR) is 104 cm³/mol. The van der Waals surface area contributed by atoms with Crippen LogP contribution in [0.5, 0.6) is 11.5 Å². The highest BCUT2D eigenvalue weighted by molar-refractivity contribution is 6.13. The maximum atomic E-state index is 12.7. The Morgan fingerprint density at radius 1 is 1.17 bits per heavy atom. The monoisotopic (exact) mass is 396 g/mol. The van der Waals surface area contributed by atoms with Crippen LogP contribution in [0.2, 0.25) is 0 Å². The first-order chi connectivity index (χ1) is 13.9. The van der Waals surface area contributed by atoms with Crippen molar-refractivity contribution in [2.24, 2.45) is 0 Å². The molecule has 0 unspecified atom stereocenters. The number of nitrogens with zero attached hydrogens (tertiary/aromatic N) is 1. The van der Waals surface area contributed by atoms with Gasteiger partial charge >= 0.3 is 12.0 Å². The van der Waals surface area contributed by atoms with Crippen LogP contribution in [-0.2, 0) is 16.1 Å². The summed E-state index contributed by atoms with van der Waals surface area (Å²) in [6.45, 7) is 1.62. The largest absolute Gasteiger partial charge is 0.493 e. The van der Waals surface area contributed by atoms with Gasteiger partial charge in [-0.25, -0.2) is 9.59 Å². The van der Waals surface area contributed by atoms with Gasteiger partial charge in [-0.3, -0.25) is 9.69 Å². The summed E-state index contributed by atoms with van der Waals surface area (Å²) in [5.41, 5.74) is 2.63. The van der Waals surface area contributed by atoms with Crippen molar-refractivity contribution >= 4 is 24.0 Å². The SMILES string of the molecule is COc1cc(/C=C2/NC(=O)N(Cc3cccc(C)c3)C2=O)ccc1OCC(=O)O. The molecule has 3 amide bonds. The highest BCUT2D eigenvalue weighted by Gasteiger charge is 2.33. The lowest BCUT2D eigenvalue weighted by molar-refractivity contribution is -0.139. The fourth-order valence-corrected chi connectivity index (χ4v) is 2.91. The van der Waals surface area contributed by atoms with Crippen LogP contribution in [-0.4, -0.2) is 41.6 Å². The lowest BCUT2D eigenvalue weighted by atomic mass is 10.1. The molecule has 150 valence electrons. The molecular weight excluding hydrogens is 376 g/mol. The smallest absolute Gasteiger partial charge is 0.341 e. The lowest BCUT2D eigenvalue weighted by Gasteiger charge is -2.12. The van der Waals surface area contributed by atoms with Crippen LogP contribution < -0.4 is 14.8 Å². The topological polar surface area (TPSA) is 105 Å². The van der Waals surface area contributed by atoms with Gasteiger partial charge in [0.2, 0.25) is 0 Å². The molecule has 0 atom stereocenters. The number of aryl methyl sites for hydroxylation is 1. The zero-order valence-corrected chi connectivity index (χ0v) is 16.0. The Morgan fingerprint density at radius 2 is 1.97 bits per heavy atom. The van der Waals surface area contributed by atoms with Crippen LogP contribution in [0.3, 0.4) is 0 Å². The van der Waals surface area contributed by atoms with E-state index in [0.29, 0.717) is 11.3 Å². The molecule has 0 bridgehead atoms. The van der Waals surface area contributed by atoms with E-state index in [1.54, 1.807) is 18.2 Å². The number of nitrogens with one attached hydrogen (secondary N) is 1. The van der Waals surface area contributed by atoms with Crippen molar-refractivity contribution in [2.45, 2.75) is 13.5 Å². The molecule has 2 aromatic carbocycles. The van der Waals surface area contributed by atoms with Crippen LogP contribution in [0.15, 0.2) is 48.2 Å². The number of ether oxygens (including phenoxy) is 2. The van der Waals surface area contributed by atoms with Crippen molar-refractivity contribution in [3.63, 3.8) is 0 Å². The summed E-state index contributed by atoms with van der Waals surface area (Å²) in [4.78, 5) is 36.7. The van der Waals surface area contributed by atoms with Gasteiger partial charge in [0.15, 0.2) is 18.1 Å². The van der Waals surface area contributed by atoms with Crippen molar-refractivity contribution in [1.82, 2.24) is 10.2 Å². The number of carboxylic acid groups (broad SMARTS) is 1. The number of hydrogen-bond donors (Lipinski definition) is 2. The van der Waals surface area contributed by atoms with Gasteiger partial charge in [0.05, 0.1) is 13.7 Å². The first-order valence-corrected chi connectivity index (χ1v) is 8.80. The molecule has 0 radical (unpaired) electrons. The fourth-order valence-electron chi connectivity index (χ4n) is 2.91. The molecule has 2 aromatic rings. The zero-order valence-electron chi connectivity index (χ0n) is 16.0. The highest BCUT2D eigenvalue weighted by Crippen LogP contribution is 2.29. The Balaban J connectivity index is 1.79. The third-order valence-corrected chi connectivity index (χ3v) is 4.24. The normalized spacial score (nSPS) is 14.8. The molecule has 1 aliphatic rings. The van der Waals surface area contributed by atoms with Crippen molar-refractivity contribution < 1.29 is 29.0 Å². The molecule has 1 heterocycles. The molecule has 1 fully saturated rings. The van der Waals surface area contributed by atoms with Crippen LogP contribution in [0.25, 0.3) is 6.08 Å². The summed E-state index contributed by atoms with van der Waals surface area (Å²) in [6.07, 6.45) is 1.53. The number of benzene rings is 2. The van der Waals surface area contributed by atoms with E-state index >= 15 is 0 Å². The summed E-state index contributed by atoms with van der Waals surface area (Å²) >= 11 is 0. The Bertz CT molecular complexity index is 998. The standard InChI is InChI=1S/C21H20N2O6/c1-13-4-3-5-15(8-13)11-23-20(26)16(22-21(23)27)9-14-6-7-17(18(10-14)28-2)29-12-19(24)25/h3-10H,11-12H2,1-2H3,(H,22,27)(H,24,25)/b16-9+. The van der Waals surface area contributed by atoms with E-state index in [4.69, 9.17) is 14.6 Å². The van der Waals surface area contributed by atoms with Gasteiger partial charge in [-0.05, 0) is 36.3 Å². The lowest BCUT2D eigenvalue weighted by Crippen LogP contribution is -2.30. The highest BCUT2D eigenvalue weighted by atomic mass is 16.5. The van der Waals surface area contributed by atoms with Crippen LogP contribution in [0.1, 0.15) is 16.7 Å². The molecule has 0 spiro atoms. The Hall–Kier alpha value is -3.81. The number of amides is 3. The minimum atomic E-state index is -1.11. The van der Waals surface area contributed by atoms with Crippen molar-refractivity contribution in [3.8, 4) is 11.5 Å². The molecule has 8 heteroatoms. The number of urea groups is 1. The summed E-state index contributed by atoms with van der Waals surface area (Å²) < 4.78 is 10.4. The molecule has 1 saturated heterocycles. The van der Waals surface area contributed by atoms with Gasteiger partial charge in [-0.15, -0.1) is 0 Å². The molecule has 8 nitrogen and oxygen atoms in total. The molecule has 1 aliphatic heterocycles. The van der Waals surface area contributed by atoms with Crippen molar-refractivity contribution in [2.75, 3.05) is 13.7 Å². The second-order valence-electron chi connectivity index (χ2n) is 6.46. The minimum Gasteiger partial charge on any atom is -0.493 e. The molecule has 0 saturated carbocycles. The van der Waals surface area contributed by atoms with Crippen LogP contribution >= 0.6 is 0 Å². The number of imide groups is 1. The van der Waals surface area contributed by atoms with E-state index < -0.39 is 24.5 Å². The maximum Gasteiger partial charge on any atom is 0.341 e. The van der Waals surface area contributed by atoms with Crippen LogP contribution in [0, 0.1) is 6.92 Å². The molecule has 0 aromatic heterocycles. The number of carbonyl (C=O) groups is 3. The molecular formula is C21H20N2O6. The van der Waals surface area contributed by atoms with Gasteiger partial charge in [0, 0.05) is 0 Å². The summed E-state index contributed by atoms with van der Waals surface area (Å²) in [5, 5.41) is 11.3. The van der Waals surface area contributed by atoms with E-state index in [1.165, 1.54) is 13.2 Å². The Morgan fingerprint density at radius 3 is 2.66 bits per heavy atom. The number of carbonyl (C=O) groups excluding carboxylic acids is 2. The van der Waals surface area contributed by atoms with Gasteiger partial charge in [-0.2, -0.15) is 0 Å². The van der Waals surface area contributed by atoms with Gasteiger partial charge < -0.3 is 19.9 Å². The minimum absolute atomic E-state index is 0.143. The number of rotatable bonds is 7. The van der Waals surface area contributed by atoms with Crippen molar-refractivity contribution in [3.05, 3.63) is 64.9 Å². The summed E-state index contributed by atoms with van der Waals surface area (Å²) in [5.74, 6) is -0.957. The number of carboxylic acids is 1. The fraction of sp³-hybridized carbons (Fsp3) is 0.190. The van der Waals surface area contributed by atoms with Gasteiger partial charge in [-0.1, -0.05) is 35.9 Å². The van der Waals surface area contributed by atoms with E-state index in [0.717, 1.165) is 16.0 Å². The number of methoxy groups -OCH3 is 1. The molecule has 29 heavy (non-hydrogen) atoms. The summed E-state index contributed by atoms with van der Waals surface area (Å²) in [7, 11) is 1.42. The zero-order chi connectivity index (χ0) is 21.0. The Labute approximate surface area is 167 Å². The third kappa shape index (κ3) is 4.73. The molecule has 2 N–H and O–H groups in total. The number of aliphatic carboxylic acids is 1. The van der Waals surface area contributed by atoms with Crippen molar-refractivity contribution in [1.29, 1.82) is 0 Å². The van der Waals surface area contributed by atoms with Gasteiger partial charge in [0.1, 0.15) is 5.70 Å². The number of hydrogen-bond acceptors (Lipinski definition) is 5. The maximum absolute atomic E-state index is 12.7. The quantitative estimate of drug-likeness (QED) is 0.551. The predicted octanol–water partition coefficient (Wildman–Crippen LogP) is 2.56. The first-order valence-electron chi connectivity index (χ1n) is 8.80. The second-order valence-corrected chi connectivity index (χ2v) is 6.46. The summed E-state index contributed by atoms with van der Waals surface area (Å²) in [6, 6.07) is 11.9. The van der Waals surface area contributed by atoms with E-state index in [-0.39, 0.29) is 18.0 Å². The van der Waals surface area contributed by atoms with E-state index in [1.807, 2.05) is 31.2 Å². The Kier molecular flexibility index (Phi) is 5.82. The third-order valence-electron chi connectivity index (χ3n) is 4.24. The van der Waals surface area contributed by atoms with E-state index in [2.05, 4.69) is 5.32 Å². The molecule has 3 rings (SSSR count). The molecule has 0 aliphatic carbocycles. The second kappa shape index (κ2) is 8.47. The van der Waals surface area contributed by atoms with E-state index in [9.17, 15) is 14.4 Å². The average Bonchev–Trinajstić information content (AvgIpc) is 2.94. The van der Waals surface area contributed by atoms with Gasteiger partial charge in [0.25, 0.3) is 5.91 Å². The average molecular weight is 396 g/mol. The van der Waals surface area contributed by atoms with Crippen LogP contribution in [0.4, 0.5) is 4.79 Å². The first kappa shape index (κ1) is 19.9.